The Balaban J connectivity index is 2.13. The summed E-state index contributed by atoms with van der Waals surface area (Å²) in [4.78, 5) is 4.44. The number of hydrogen-bond donors (Lipinski definition) is 2. The maximum atomic E-state index is 5.78. The van der Waals surface area contributed by atoms with Crippen LogP contribution in [-0.4, -0.2) is 4.98 Å². The number of anilines is 2. The lowest BCUT2D eigenvalue weighted by atomic mass is 9.98. The Hall–Kier alpha value is -2.03. The van der Waals surface area contributed by atoms with Gasteiger partial charge in [0.15, 0.2) is 0 Å². The van der Waals surface area contributed by atoms with Crippen LogP contribution in [0.25, 0.3) is 0 Å². The van der Waals surface area contributed by atoms with Crippen LogP contribution >= 0.6 is 0 Å². The molecule has 1 aromatic heterocycles. The van der Waals surface area contributed by atoms with Gasteiger partial charge in [-0.2, -0.15) is 0 Å². The zero-order valence-corrected chi connectivity index (χ0v) is 12.7. The van der Waals surface area contributed by atoms with E-state index in [1.54, 1.807) is 0 Å². The average Bonchev–Trinajstić information content (AvgIpc) is 2.41. The smallest absolute Gasteiger partial charge is 0.126 e. The van der Waals surface area contributed by atoms with Crippen LogP contribution < -0.4 is 11.1 Å². The van der Waals surface area contributed by atoms with Crippen LogP contribution in [0.1, 0.15) is 42.1 Å². The number of aryl methyl sites for hydroxylation is 2. The van der Waals surface area contributed by atoms with Crippen LogP contribution in [0.15, 0.2) is 30.3 Å². The van der Waals surface area contributed by atoms with E-state index in [9.17, 15) is 0 Å². The van der Waals surface area contributed by atoms with Crippen molar-refractivity contribution in [1.29, 1.82) is 0 Å². The molecule has 0 atom stereocenters. The summed E-state index contributed by atoms with van der Waals surface area (Å²) in [5.41, 5.74) is 11.4. The number of aromatic nitrogens is 1. The predicted octanol–water partition coefficient (Wildman–Crippen LogP) is 4.02. The molecule has 1 aromatic carbocycles. The highest BCUT2D eigenvalue weighted by atomic mass is 15.0. The summed E-state index contributed by atoms with van der Waals surface area (Å²) < 4.78 is 0. The number of nitrogens with two attached hydrogens (primary N) is 1. The second kappa shape index (κ2) is 5.95. The van der Waals surface area contributed by atoms with E-state index in [4.69, 9.17) is 5.73 Å². The Kier molecular flexibility index (Phi) is 4.28. The number of hydrogen-bond acceptors (Lipinski definition) is 3. The molecule has 0 saturated heterocycles. The Bertz CT molecular complexity index is 603. The van der Waals surface area contributed by atoms with Gasteiger partial charge in [0.25, 0.3) is 0 Å². The van der Waals surface area contributed by atoms with Gasteiger partial charge in [-0.3, -0.25) is 0 Å². The van der Waals surface area contributed by atoms with E-state index in [0.717, 1.165) is 23.7 Å². The van der Waals surface area contributed by atoms with Crippen LogP contribution in [0.3, 0.4) is 0 Å². The van der Waals surface area contributed by atoms with Crippen molar-refractivity contribution in [3.05, 3.63) is 52.7 Å². The van der Waals surface area contributed by atoms with Crippen molar-refractivity contribution >= 4 is 11.5 Å². The predicted molar refractivity (Wildman–Crippen MR) is 86.0 cm³/mol. The summed E-state index contributed by atoms with van der Waals surface area (Å²) in [5.74, 6) is 1.41. The van der Waals surface area contributed by atoms with E-state index in [2.05, 4.69) is 49.3 Å². The summed E-state index contributed by atoms with van der Waals surface area (Å²) in [6, 6.07) is 10.5. The summed E-state index contributed by atoms with van der Waals surface area (Å²) in [6.07, 6.45) is 0. The van der Waals surface area contributed by atoms with Crippen molar-refractivity contribution in [2.45, 2.75) is 40.2 Å². The van der Waals surface area contributed by atoms with Crippen LogP contribution in [-0.2, 0) is 6.54 Å². The van der Waals surface area contributed by atoms with Crippen LogP contribution in [0.4, 0.5) is 11.5 Å². The van der Waals surface area contributed by atoms with E-state index in [0.29, 0.717) is 5.92 Å². The van der Waals surface area contributed by atoms with Gasteiger partial charge >= 0.3 is 0 Å². The van der Waals surface area contributed by atoms with Crippen molar-refractivity contribution in [2.75, 3.05) is 11.1 Å². The van der Waals surface area contributed by atoms with Crippen LogP contribution in [0.2, 0.25) is 0 Å². The first kappa shape index (κ1) is 14.4. The SMILES string of the molecule is Cc1ccc(C(C)C)cc1CNc1ccc(N)c(C)n1. The Morgan fingerprint density at radius 1 is 1.15 bits per heavy atom. The van der Waals surface area contributed by atoms with E-state index in [1.807, 2.05) is 19.1 Å². The minimum Gasteiger partial charge on any atom is -0.397 e. The number of nitrogen functional groups attached to an aromatic ring is 1. The molecule has 2 rings (SSSR count). The lowest BCUT2D eigenvalue weighted by molar-refractivity contribution is 0.861. The molecule has 0 bridgehead atoms. The molecular formula is C17H23N3. The van der Waals surface area contributed by atoms with Crippen molar-refractivity contribution in [3.8, 4) is 0 Å². The molecule has 0 unspecified atom stereocenters. The summed E-state index contributed by atoms with van der Waals surface area (Å²) in [7, 11) is 0. The van der Waals surface area contributed by atoms with Gasteiger partial charge in [0.1, 0.15) is 5.82 Å². The molecule has 3 nitrogen and oxygen atoms in total. The zero-order chi connectivity index (χ0) is 14.7. The molecule has 0 amide bonds. The zero-order valence-electron chi connectivity index (χ0n) is 12.7. The maximum Gasteiger partial charge on any atom is 0.126 e. The fourth-order valence-electron chi connectivity index (χ4n) is 2.10. The van der Waals surface area contributed by atoms with Gasteiger partial charge < -0.3 is 11.1 Å². The minimum atomic E-state index is 0.547. The molecule has 0 aliphatic rings. The van der Waals surface area contributed by atoms with Crippen LogP contribution in [0, 0.1) is 13.8 Å². The fraction of sp³-hybridized carbons (Fsp3) is 0.353. The monoisotopic (exact) mass is 269 g/mol. The molecule has 20 heavy (non-hydrogen) atoms. The second-order valence-corrected chi connectivity index (χ2v) is 5.57. The van der Waals surface area contributed by atoms with Gasteiger partial charge in [0.2, 0.25) is 0 Å². The first-order valence-corrected chi connectivity index (χ1v) is 7.04. The van der Waals surface area contributed by atoms with Gasteiger partial charge in [0.05, 0.1) is 11.4 Å². The van der Waals surface area contributed by atoms with Crippen molar-refractivity contribution in [1.82, 2.24) is 4.98 Å². The summed E-state index contributed by atoms with van der Waals surface area (Å²) in [5, 5.41) is 3.37. The molecule has 106 valence electrons. The standard InChI is InChI=1S/C17H23N3/c1-11(2)14-6-5-12(3)15(9-14)10-19-17-8-7-16(18)13(4)20-17/h5-9,11H,10,18H2,1-4H3,(H,19,20). The lowest BCUT2D eigenvalue weighted by Gasteiger charge is -2.13. The molecule has 0 aliphatic carbocycles. The number of nitrogens with one attached hydrogen (secondary N) is 1. The molecule has 0 fully saturated rings. The van der Waals surface area contributed by atoms with Gasteiger partial charge in [0, 0.05) is 6.54 Å². The Morgan fingerprint density at radius 3 is 2.55 bits per heavy atom. The van der Waals surface area contributed by atoms with Crippen molar-refractivity contribution in [3.63, 3.8) is 0 Å². The highest BCUT2D eigenvalue weighted by Crippen LogP contribution is 2.20. The van der Waals surface area contributed by atoms with E-state index in [1.165, 1.54) is 16.7 Å². The largest absolute Gasteiger partial charge is 0.397 e. The molecule has 2 aromatic rings. The van der Waals surface area contributed by atoms with Gasteiger partial charge in [-0.05, 0) is 48.6 Å². The average molecular weight is 269 g/mol. The Labute approximate surface area is 121 Å². The maximum absolute atomic E-state index is 5.78. The molecule has 1 heterocycles. The molecule has 0 spiro atoms. The van der Waals surface area contributed by atoms with E-state index < -0.39 is 0 Å². The molecule has 0 saturated carbocycles. The number of benzene rings is 1. The summed E-state index contributed by atoms with van der Waals surface area (Å²) >= 11 is 0. The highest BCUT2D eigenvalue weighted by Gasteiger charge is 2.05. The molecular weight excluding hydrogens is 246 g/mol. The Morgan fingerprint density at radius 2 is 1.90 bits per heavy atom. The third-order valence-corrected chi connectivity index (χ3v) is 3.63. The first-order valence-electron chi connectivity index (χ1n) is 7.04. The highest BCUT2D eigenvalue weighted by molar-refractivity contribution is 5.49. The molecule has 0 radical (unpaired) electrons. The van der Waals surface area contributed by atoms with Gasteiger partial charge in [-0.1, -0.05) is 32.0 Å². The van der Waals surface area contributed by atoms with Crippen molar-refractivity contribution < 1.29 is 0 Å². The van der Waals surface area contributed by atoms with Gasteiger partial charge in [-0.25, -0.2) is 4.98 Å². The van der Waals surface area contributed by atoms with E-state index >= 15 is 0 Å². The first-order chi connectivity index (χ1) is 9.47. The minimum absolute atomic E-state index is 0.547. The third-order valence-electron chi connectivity index (χ3n) is 3.63. The lowest BCUT2D eigenvalue weighted by Crippen LogP contribution is -2.05. The van der Waals surface area contributed by atoms with Gasteiger partial charge in [-0.15, -0.1) is 0 Å². The summed E-state index contributed by atoms with van der Waals surface area (Å²) in [6.45, 7) is 9.27. The molecule has 0 aliphatic heterocycles. The number of rotatable bonds is 4. The van der Waals surface area contributed by atoms with Crippen LogP contribution in [0.5, 0.6) is 0 Å². The number of nitrogens with zero attached hydrogens (tertiary/aromatic N) is 1. The number of pyridine rings is 1. The van der Waals surface area contributed by atoms with E-state index in [-0.39, 0.29) is 0 Å². The van der Waals surface area contributed by atoms with Crippen molar-refractivity contribution in [2.24, 2.45) is 0 Å². The fourth-order valence-corrected chi connectivity index (χ4v) is 2.10. The molecule has 3 heteroatoms. The second-order valence-electron chi connectivity index (χ2n) is 5.57. The topological polar surface area (TPSA) is 50.9 Å². The quantitative estimate of drug-likeness (QED) is 0.881. The third kappa shape index (κ3) is 3.29. The normalized spacial score (nSPS) is 10.8. The molecule has 3 N–H and O–H groups in total.